The summed E-state index contributed by atoms with van der Waals surface area (Å²) in [4.78, 5) is 0. The molecule has 1 heterocycles. The summed E-state index contributed by atoms with van der Waals surface area (Å²) < 4.78 is 5.67. The molecule has 0 bridgehead atoms. The largest absolute Gasteiger partial charge is 0.493 e. The molecule has 0 aromatic heterocycles. The van der Waals surface area contributed by atoms with Crippen molar-refractivity contribution in [3.8, 4) is 5.75 Å². The van der Waals surface area contributed by atoms with Crippen LogP contribution in [-0.4, -0.2) is 11.7 Å². The van der Waals surface area contributed by atoms with E-state index in [4.69, 9.17) is 4.74 Å². The van der Waals surface area contributed by atoms with Gasteiger partial charge in [-0.3, -0.25) is 0 Å². The van der Waals surface area contributed by atoms with E-state index in [1.165, 1.54) is 16.7 Å². The summed E-state index contributed by atoms with van der Waals surface area (Å²) in [6.45, 7) is 4.86. The number of benzene rings is 2. The lowest BCUT2D eigenvalue weighted by Crippen LogP contribution is -2.03. The highest BCUT2D eigenvalue weighted by molar-refractivity contribution is 5.48. The van der Waals surface area contributed by atoms with Gasteiger partial charge in [-0.05, 0) is 36.1 Å². The van der Waals surface area contributed by atoms with Gasteiger partial charge in [0.15, 0.2) is 0 Å². The fourth-order valence-electron chi connectivity index (χ4n) is 2.57. The summed E-state index contributed by atoms with van der Waals surface area (Å²) in [7, 11) is 0. The Kier molecular flexibility index (Phi) is 3.03. The molecule has 0 aliphatic carbocycles. The third kappa shape index (κ3) is 2.13. The molecule has 2 aromatic rings. The summed E-state index contributed by atoms with van der Waals surface area (Å²) in [5, 5.41) is 10.6. The predicted molar refractivity (Wildman–Crippen MR) is 75.6 cm³/mol. The Morgan fingerprint density at radius 1 is 1.11 bits per heavy atom. The number of rotatable bonds is 2. The molecule has 0 saturated heterocycles. The Hall–Kier alpha value is -1.80. The second kappa shape index (κ2) is 4.71. The number of hydrogen-bond donors (Lipinski definition) is 1. The highest BCUT2D eigenvalue weighted by atomic mass is 16.5. The van der Waals surface area contributed by atoms with E-state index in [0.29, 0.717) is 6.61 Å². The molecule has 98 valence electrons. The average molecular weight is 254 g/mol. The highest BCUT2D eigenvalue weighted by Crippen LogP contribution is 2.36. The Morgan fingerprint density at radius 3 is 2.74 bits per heavy atom. The van der Waals surface area contributed by atoms with E-state index < -0.39 is 6.10 Å². The van der Waals surface area contributed by atoms with E-state index in [1.807, 2.05) is 24.3 Å². The molecule has 1 unspecified atom stereocenters. The first-order chi connectivity index (χ1) is 9.16. The first-order valence-electron chi connectivity index (χ1n) is 6.66. The quantitative estimate of drug-likeness (QED) is 0.890. The van der Waals surface area contributed by atoms with Crippen LogP contribution in [0, 0.1) is 13.8 Å². The number of aliphatic hydroxyl groups excluding tert-OH is 1. The van der Waals surface area contributed by atoms with Crippen LogP contribution in [0.2, 0.25) is 0 Å². The van der Waals surface area contributed by atoms with Crippen LogP contribution in [0.4, 0.5) is 0 Å². The summed E-state index contributed by atoms with van der Waals surface area (Å²) in [6.07, 6.45) is 0.315. The Bertz CT molecular complexity index is 617. The molecule has 0 saturated carbocycles. The smallest absolute Gasteiger partial charge is 0.128 e. The summed E-state index contributed by atoms with van der Waals surface area (Å²) in [5.74, 6) is 0.869. The van der Waals surface area contributed by atoms with Crippen LogP contribution in [0.1, 0.15) is 33.9 Å². The van der Waals surface area contributed by atoms with Crippen molar-refractivity contribution < 1.29 is 9.84 Å². The molecule has 1 aliphatic heterocycles. The summed E-state index contributed by atoms with van der Waals surface area (Å²) in [6, 6.07) is 12.1. The summed E-state index contributed by atoms with van der Waals surface area (Å²) in [5.41, 5.74) is 5.43. The molecule has 0 radical (unpaired) electrons. The molecule has 2 heteroatoms. The predicted octanol–water partition coefficient (Wildman–Crippen LogP) is 3.32. The van der Waals surface area contributed by atoms with Crippen LogP contribution in [0.3, 0.4) is 0 Å². The van der Waals surface area contributed by atoms with Gasteiger partial charge in [0.2, 0.25) is 0 Å². The standard InChI is InChI=1S/C17H18O2/c1-11-6-7-14(10-12(11)2)16(18)15-5-3-4-13-8-9-19-17(13)15/h3-7,10,16,18H,8-9H2,1-2H3. The highest BCUT2D eigenvalue weighted by Gasteiger charge is 2.21. The van der Waals surface area contributed by atoms with Crippen LogP contribution < -0.4 is 4.74 Å². The minimum Gasteiger partial charge on any atom is -0.493 e. The SMILES string of the molecule is Cc1ccc(C(O)c2cccc3c2OCC3)cc1C. The molecule has 2 nitrogen and oxygen atoms in total. The Labute approximate surface area is 113 Å². The molecule has 1 aliphatic rings. The molecule has 1 atom stereocenters. The number of ether oxygens (including phenoxy) is 1. The fraction of sp³-hybridized carbons (Fsp3) is 0.294. The second-order valence-corrected chi connectivity index (χ2v) is 5.18. The normalized spacial score (nSPS) is 14.9. The summed E-state index contributed by atoms with van der Waals surface area (Å²) >= 11 is 0. The zero-order chi connectivity index (χ0) is 13.4. The van der Waals surface area contributed by atoms with Crippen molar-refractivity contribution in [3.05, 3.63) is 64.2 Å². The molecule has 0 fully saturated rings. The van der Waals surface area contributed by atoms with Gasteiger partial charge >= 0.3 is 0 Å². The Balaban J connectivity index is 2.02. The lowest BCUT2D eigenvalue weighted by atomic mass is 9.96. The Morgan fingerprint density at radius 2 is 1.95 bits per heavy atom. The van der Waals surface area contributed by atoms with Gasteiger partial charge in [0.1, 0.15) is 11.9 Å². The molecule has 2 aromatic carbocycles. The third-order valence-corrected chi connectivity index (χ3v) is 3.89. The van der Waals surface area contributed by atoms with E-state index in [2.05, 4.69) is 26.0 Å². The maximum Gasteiger partial charge on any atom is 0.128 e. The van der Waals surface area contributed by atoms with Crippen LogP contribution in [0.15, 0.2) is 36.4 Å². The van der Waals surface area contributed by atoms with Crippen LogP contribution in [0.5, 0.6) is 5.75 Å². The van der Waals surface area contributed by atoms with Crippen molar-refractivity contribution in [1.82, 2.24) is 0 Å². The van der Waals surface area contributed by atoms with E-state index in [0.717, 1.165) is 23.3 Å². The lowest BCUT2D eigenvalue weighted by molar-refractivity contribution is 0.213. The first-order valence-corrected chi connectivity index (χ1v) is 6.66. The minimum absolute atomic E-state index is 0.618. The van der Waals surface area contributed by atoms with Gasteiger partial charge in [-0.25, -0.2) is 0 Å². The number of para-hydroxylation sites is 1. The lowest BCUT2D eigenvalue weighted by Gasteiger charge is -2.16. The minimum atomic E-state index is -0.618. The molecular formula is C17H18O2. The molecule has 1 N–H and O–H groups in total. The van der Waals surface area contributed by atoms with Gasteiger partial charge in [-0.2, -0.15) is 0 Å². The second-order valence-electron chi connectivity index (χ2n) is 5.18. The van der Waals surface area contributed by atoms with Gasteiger partial charge in [0.05, 0.1) is 6.61 Å². The zero-order valence-electron chi connectivity index (χ0n) is 11.3. The third-order valence-electron chi connectivity index (χ3n) is 3.89. The molecule has 3 rings (SSSR count). The molecule has 0 spiro atoms. The van der Waals surface area contributed by atoms with Crippen molar-refractivity contribution in [1.29, 1.82) is 0 Å². The van der Waals surface area contributed by atoms with Gasteiger partial charge < -0.3 is 9.84 Å². The van der Waals surface area contributed by atoms with Gasteiger partial charge in [-0.1, -0.05) is 36.4 Å². The molecule has 0 amide bonds. The maximum absolute atomic E-state index is 10.6. The molecular weight excluding hydrogens is 236 g/mol. The van der Waals surface area contributed by atoms with Crippen LogP contribution >= 0.6 is 0 Å². The number of hydrogen-bond acceptors (Lipinski definition) is 2. The first kappa shape index (κ1) is 12.2. The van der Waals surface area contributed by atoms with E-state index in [9.17, 15) is 5.11 Å². The average Bonchev–Trinajstić information content (AvgIpc) is 2.89. The number of aliphatic hydroxyl groups is 1. The maximum atomic E-state index is 10.6. The van der Waals surface area contributed by atoms with E-state index >= 15 is 0 Å². The zero-order valence-corrected chi connectivity index (χ0v) is 11.3. The van der Waals surface area contributed by atoms with Crippen molar-refractivity contribution in [2.45, 2.75) is 26.4 Å². The topological polar surface area (TPSA) is 29.5 Å². The van der Waals surface area contributed by atoms with Crippen LogP contribution in [-0.2, 0) is 6.42 Å². The number of aryl methyl sites for hydroxylation is 2. The monoisotopic (exact) mass is 254 g/mol. The van der Waals surface area contributed by atoms with Gasteiger partial charge in [-0.15, -0.1) is 0 Å². The fourth-order valence-corrected chi connectivity index (χ4v) is 2.57. The van der Waals surface area contributed by atoms with Gasteiger partial charge in [0.25, 0.3) is 0 Å². The van der Waals surface area contributed by atoms with Crippen molar-refractivity contribution in [3.63, 3.8) is 0 Å². The van der Waals surface area contributed by atoms with Gasteiger partial charge in [0, 0.05) is 12.0 Å². The van der Waals surface area contributed by atoms with Crippen molar-refractivity contribution in [2.24, 2.45) is 0 Å². The van der Waals surface area contributed by atoms with Crippen LogP contribution in [0.25, 0.3) is 0 Å². The molecule has 19 heavy (non-hydrogen) atoms. The van der Waals surface area contributed by atoms with Crippen molar-refractivity contribution in [2.75, 3.05) is 6.61 Å². The van der Waals surface area contributed by atoms with E-state index in [1.54, 1.807) is 0 Å². The van der Waals surface area contributed by atoms with Crippen molar-refractivity contribution >= 4 is 0 Å². The van der Waals surface area contributed by atoms with E-state index in [-0.39, 0.29) is 0 Å². The number of fused-ring (bicyclic) bond motifs is 1.